The molecule has 1 amide bonds. The minimum absolute atomic E-state index is 0.186. The highest BCUT2D eigenvalue weighted by molar-refractivity contribution is 5.84. The van der Waals surface area contributed by atoms with Gasteiger partial charge in [-0.25, -0.2) is 0 Å². The van der Waals surface area contributed by atoms with Crippen molar-refractivity contribution in [3.63, 3.8) is 0 Å². The highest BCUT2D eigenvalue weighted by Crippen LogP contribution is 2.17. The van der Waals surface area contributed by atoms with Gasteiger partial charge < -0.3 is 15.2 Å². The number of hydrogen-bond acceptors (Lipinski definition) is 3. The molecule has 0 fully saturated rings. The first kappa shape index (κ1) is 14.0. The van der Waals surface area contributed by atoms with E-state index in [2.05, 4.69) is 5.32 Å². The number of aryl methyl sites for hydroxylation is 1. The van der Waals surface area contributed by atoms with E-state index in [1.54, 1.807) is 6.07 Å². The van der Waals surface area contributed by atoms with Crippen molar-refractivity contribution in [2.45, 2.75) is 26.3 Å². The largest absolute Gasteiger partial charge is 0.483 e. The Morgan fingerprint density at radius 3 is 2.67 bits per heavy atom. The average molecular weight is 251 g/mol. The van der Waals surface area contributed by atoms with E-state index in [0.29, 0.717) is 5.75 Å². The predicted molar refractivity (Wildman–Crippen MR) is 66.6 cm³/mol. The van der Waals surface area contributed by atoms with Crippen LogP contribution < -0.4 is 10.1 Å². The van der Waals surface area contributed by atoms with Crippen molar-refractivity contribution in [3.05, 3.63) is 29.8 Å². The topological polar surface area (TPSA) is 75.6 Å². The third-order valence-corrected chi connectivity index (χ3v) is 2.46. The van der Waals surface area contributed by atoms with Crippen LogP contribution in [0.5, 0.6) is 5.75 Å². The normalized spacial score (nSPS) is 11.7. The lowest BCUT2D eigenvalue weighted by Gasteiger charge is -2.12. The molecule has 0 aliphatic heterocycles. The number of benzene rings is 1. The number of aliphatic carboxylic acids is 1. The van der Waals surface area contributed by atoms with Crippen molar-refractivity contribution >= 4 is 11.9 Å². The highest BCUT2D eigenvalue weighted by Gasteiger charge is 2.14. The van der Waals surface area contributed by atoms with Crippen molar-refractivity contribution in [1.82, 2.24) is 5.32 Å². The summed E-state index contributed by atoms with van der Waals surface area (Å²) in [5.74, 6) is -0.869. The summed E-state index contributed by atoms with van der Waals surface area (Å²) in [5, 5.41) is 11.0. The van der Waals surface area contributed by atoms with Crippen LogP contribution in [0.4, 0.5) is 0 Å². The maximum absolute atomic E-state index is 11.4. The maximum atomic E-state index is 11.4. The van der Waals surface area contributed by atoms with Crippen molar-refractivity contribution in [2.24, 2.45) is 0 Å². The second kappa shape index (κ2) is 6.64. The molecule has 0 aliphatic rings. The van der Waals surface area contributed by atoms with Gasteiger partial charge in [0.2, 0.25) is 0 Å². The van der Waals surface area contributed by atoms with Gasteiger partial charge in [-0.3, -0.25) is 9.59 Å². The number of carbonyl (C=O) groups is 2. The molecular weight excluding hydrogens is 234 g/mol. The van der Waals surface area contributed by atoms with Gasteiger partial charge in [-0.05, 0) is 25.0 Å². The molecule has 1 atom stereocenters. The second-order valence-electron chi connectivity index (χ2n) is 3.88. The minimum Gasteiger partial charge on any atom is -0.483 e. The van der Waals surface area contributed by atoms with Crippen LogP contribution >= 0.6 is 0 Å². The molecule has 0 saturated carbocycles. The van der Waals surface area contributed by atoms with E-state index in [1.807, 2.05) is 25.1 Å². The summed E-state index contributed by atoms with van der Waals surface area (Å²) >= 11 is 0. The second-order valence-corrected chi connectivity index (χ2v) is 3.88. The number of ether oxygens (including phenoxy) is 1. The summed E-state index contributed by atoms with van der Waals surface area (Å²) in [7, 11) is 0. The SMILES string of the molecule is CCc1ccccc1OCC(=O)N[C@@H](C)C(=O)O. The Hall–Kier alpha value is -2.04. The first-order chi connectivity index (χ1) is 8.54. The first-order valence-electron chi connectivity index (χ1n) is 5.77. The fourth-order valence-electron chi connectivity index (χ4n) is 1.42. The van der Waals surface area contributed by atoms with Gasteiger partial charge in [0.1, 0.15) is 11.8 Å². The molecule has 0 radical (unpaired) electrons. The lowest BCUT2D eigenvalue weighted by atomic mass is 10.1. The molecule has 0 bridgehead atoms. The molecule has 5 nitrogen and oxygen atoms in total. The number of carbonyl (C=O) groups excluding carboxylic acids is 1. The first-order valence-corrected chi connectivity index (χ1v) is 5.77. The molecule has 1 aromatic rings. The van der Waals surface area contributed by atoms with Crippen LogP contribution in [0.1, 0.15) is 19.4 Å². The van der Waals surface area contributed by atoms with E-state index in [9.17, 15) is 9.59 Å². The fraction of sp³-hybridized carbons (Fsp3) is 0.385. The van der Waals surface area contributed by atoms with E-state index in [4.69, 9.17) is 9.84 Å². The number of hydrogen-bond donors (Lipinski definition) is 2. The van der Waals surface area contributed by atoms with Crippen LogP contribution in [0.3, 0.4) is 0 Å². The summed E-state index contributed by atoms with van der Waals surface area (Å²) in [6.45, 7) is 3.21. The lowest BCUT2D eigenvalue weighted by molar-refractivity contribution is -0.141. The van der Waals surface area contributed by atoms with Gasteiger partial charge in [-0.15, -0.1) is 0 Å². The summed E-state index contributed by atoms with van der Waals surface area (Å²) in [6, 6.07) is 6.52. The van der Waals surface area contributed by atoms with E-state index in [0.717, 1.165) is 12.0 Å². The Morgan fingerprint density at radius 1 is 1.39 bits per heavy atom. The van der Waals surface area contributed by atoms with E-state index < -0.39 is 17.9 Å². The Kier molecular flexibility index (Phi) is 5.17. The molecule has 98 valence electrons. The standard InChI is InChI=1S/C13H17NO4/c1-3-10-6-4-5-7-11(10)18-8-12(15)14-9(2)13(16)17/h4-7,9H,3,8H2,1-2H3,(H,14,15)(H,16,17)/t9-/m0/s1. The zero-order chi connectivity index (χ0) is 13.5. The Labute approximate surface area is 106 Å². The fourth-order valence-corrected chi connectivity index (χ4v) is 1.42. The van der Waals surface area contributed by atoms with Crippen molar-refractivity contribution in [3.8, 4) is 5.75 Å². The molecule has 0 unspecified atom stereocenters. The van der Waals surface area contributed by atoms with Gasteiger partial charge in [0.05, 0.1) is 0 Å². The van der Waals surface area contributed by atoms with Crippen LogP contribution in [0.2, 0.25) is 0 Å². The Morgan fingerprint density at radius 2 is 2.06 bits per heavy atom. The molecule has 0 heterocycles. The van der Waals surface area contributed by atoms with Gasteiger partial charge >= 0.3 is 5.97 Å². The predicted octanol–water partition coefficient (Wildman–Crippen LogP) is 1.22. The zero-order valence-corrected chi connectivity index (χ0v) is 10.5. The molecule has 18 heavy (non-hydrogen) atoms. The number of rotatable bonds is 6. The monoisotopic (exact) mass is 251 g/mol. The summed E-state index contributed by atoms with van der Waals surface area (Å²) in [5.41, 5.74) is 1.01. The van der Waals surface area contributed by atoms with E-state index in [1.165, 1.54) is 6.92 Å². The molecule has 1 aromatic carbocycles. The minimum atomic E-state index is -1.07. The number of para-hydroxylation sites is 1. The molecular formula is C13H17NO4. The van der Waals surface area contributed by atoms with Crippen LogP contribution in [0, 0.1) is 0 Å². The number of amides is 1. The molecule has 0 aromatic heterocycles. The van der Waals surface area contributed by atoms with Gasteiger partial charge in [0.25, 0.3) is 5.91 Å². The number of carboxylic acids is 1. The third-order valence-electron chi connectivity index (χ3n) is 2.46. The zero-order valence-electron chi connectivity index (χ0n) is 10.5. The number of nitrogens with one attached hydrogen (secondary N) is 1. The number of carboxylic acid groups (broad SMARTS) is 1. The van der Waals surface area contributed by atoms with Gasteiger partial charge in [-0.2, -0.15) is 0 Å². The molecule has 0 saturated heterocycles. The van der Waals surface area contributed by atoms with Crippen molar-refractivity contribution in [1.29, 1.82) is 0 Å². The molecule has 5 heteroatoms. The Balaban J connectivity index is 2.50. The van der Waals surface area contributed by atoms with Gasteiger partial charge in [-0.1, -0.05) is 25.1 Å². The Bertz CT molecular complexity index is 431. The molecule has 0 spiro atoms. The summed E-state index contributed by atoms with van der Waals surface area (Å²) in [4.78, 5) is 22.0. The smallest absolute Gasteiger partial charge is 0.325 e. The lowest BCUT2D eigenvalue weighted by Crippen LogP contribution is -2.40. The van der Waals surface area contributed by atoms with E-state index >= 15 is 0 Å². The molecule has 2 N–H and O–H groups in total. The van der Waals surface area contributed by atoms with Gasteiger partial charge in [0.15, 0.2) is 6.61 Å². The maximum Gasteiger partial charge on any atom is 0.325 e. The third kappa shape index (κ3) is 4.08. The molecule has 0 aliphatic carbocycles. The highest BCUT2D eigenvalue weighted by atomic mass is 16.5. The summed E-state index contributed by atoms with van der Waals surface area (Å²) < 4.78 is 5.37. The van der Waals surface area contributed by atoms with Crippen molar-refractivity contribution < 1.29 is 19.4 Å². The quantitative estimate of drug-likeness (QED) is 0.797. The molecule has 1 rings (SSSR count). The average Bonchev–Trinajstić information content (AvgIpc) is 2.36. The van der Waals surface area contributed by atoms with Crippen LogP contribution in [0.15, 0.2) is 24.3 Å². The summed E-state index contributed by atoms with van der Waals surface area (Å²) in [6.07, 6.45) is 0.809. The van der Waals surface area contributed by atoms with Crippen LogP contribution in [-0.4, -0.2) is 29.6 Å². The van der Waals surface area contributed by atoms with Crippen LogP contribution in [0.25, 0.3) is 0 Å². The van der Waals surface area contributed by atoms with E-state index in [-0.39, 0.29) is 6.61 Å². The van der Waals surface area contributed by atoms with Crippen LogP contribution in [-0.2, 0) is 16.0 Å². The van der Waals surface area contributed by atoms with Gasteiger partial charge in [0, 0.05) is 0 Å². The van der Waals surface area contributed by atoms with Crippen molar-refractivity contribution in [2.75, 3.05) is 6.61 Å².